The number of benzene rings is 2. The third kappa shape index (κ3) is 2.95. The van der Waals surface area contributed by atoms with Gasteiger partial charge < -0.3 is 4.74 Å². The summed E-state index contributed by atoms with van der Waals surface area (Å²) in [6.07, 6.45) is 1.91. The molecule has 0 saturated heterocycles. The molecule has 2 heterocycles. The quantitative estimate of drug-likeness (QED) is 0.833. The van der Waals surface area contributed by atoms with Crippen molar-refractivity contribution in [1.29, 1.82) is 0 Å². The molecule has 6 heteroatoms. The van der Waals surface area contributed by atoms with Gasteiger partial charge in [-0.2, -0.15) is 4.31 Å². The van der Waals surface area contributed by atoms with Crippen molar-refractivity contribution in [1.82, 2.24) is 4.31 Å². The lowest BCUT2D eigenvalue weighted by Crippen LogP contribution is -2.33. The number of hydrogen-bond acceptors (Lipinski definition) is 4. The van der Waals surface area contributed by atoms with Crippen molar-refractivity contribution in [2.45, 2.75) is 17.9 Å². The molecule has 0 saturated carbocycles. The van der Waals surface area contributed by atoms with Gasteiger partial charge in [0, 0.05) is 12.1 Å². The summed E-state index contributed by atoms with van der Waals surface area (Å²) < 4.78 is 33.8. The molecule has 2 aliphatic rings. The number of sulfonamides is 1. The van der Waals surface area contributed by atoms with Crippen LogP contribution in [0, 0.1) is 6.92 Å². The fourth-order valence-corrected chi connectivity index (χ4v) is 4.87. The predicted octanol–water partition coefficient (Wildman–Crippen LogP) is 3.10. The van der Waals surface area contributed by atoms with Crippen LogP contribution >= 0.6 is 0 Å². The Kier molecular flexibility index (Phi) is 4.38. The van der Waals surface area contributed by atoms with Gasteiger partial charge in [-0.05, 0) is 24.6 Å². The Labute approximate surface area is 153 Å². The van der Waals surface area contributed by atoms with Crippen molar-refractivity contribution in [3.8, 4) is 0 Å². The van der Waals surface area contributed by atoms with E-state index >= 15 is 0 Å². The van der Waals surface area contributed by atoms with E-state index in [4.69, 9.17) is 4.74 Å². The van der Waals surface area contributed by atoms with E-state index < -0.39 is 16.1 Å². The van der Waals surface area contributed by atoms with Crippen LogP contribution in [0.1, 0.15) is 17.2 Å². The Balaban J connectivity index is 1.77. The highest BCUT2D eigenvalue weighted by Crippen LogP contribution is 2.38. The predicted molar refractivity (Wildman–Crippen MR) is 101 cm³/mol. The van der Waals surface area contributed by atoms with Crippen molar-refractivity contribution in [3.63, 3.8) is 0 Å². The summed E-state index contributed by atoms with van der Waals surface area (Å²) in [7, 11) is -3.64. The van der Waals surface area contributed by atoms with E-state index in [-0.39, 0.29) is 0 Å². The highest BCUT2D eigenvalue weighted by atomic mass is 32.2. The lowest BCUT2D eigenvalue weighted by Gasteiger charge is -2.27. The first-order valence-corrected chi connectivity index (χ1v) is 10.0. The maximum atomic E-state index is 13.3. The van der Waals surface area contributed by atoms with Crippen molar-refractivity contribution in [3.05, 3.63) is 77.4 Å². The van der Waals surface area contributed by atoms with Gasteiger partial charge in [0.05, 0.1) is 17.5 Å². The van der Waals surface area contributed by atoms with E-state index in [1.54, 1.807) is 12.1 Å². The van der Waals surface area contributed by atoms with E-state index in [9.17, 15) is 8.42 Å². The summed E-state index contributed by atoms with van der Waals surface area (Å²) in [6.45, 7) is 3.39. The minimum atomic E-state index is -3.64. The normalized spacial score (nSPS) is 20.6. The first-order valence-electron chi connectivity index (χ1n) is 8.58. The highest BCUT2D eigenvalue weighted by molar-refractivity contribution is 7.89. The number of aliphatic imine (C=N–C) groups is 1. The summed E-state index contributed by atoms with van der Waals surface area (Å²) in [4.78, 5) is 4.70. The van der Waals surface area contributed by atoms with Crippen LogP contribution < -0.4 is 0 Å². The highest BCUT2D eigenvalue weighted by Gasteiger charge is 2.40. The van der Waals surface area contributed by atoms with Crippen molar-refractivity contribution < 1.29 is 13.2 Å². The fraction of sp³-hybridized carbons (Fsp3) is 0.250. The molecular weight excluding hydrogens is 348 g/mol. The molecule has 5 nitrogen and oxygen atoms in total. The Hall–Kier alpha value is -2.44. The fourth-order valence-electron chi connectivity index (χ4n) is 3.34. The van der Waals surface area contributed by atoms with E-state index in [0.29, 0.717) is 30.5 Å². The minimum Gasteiger partial charge on any atom is -0.476 e. The summed E-state index contributed by atoms with van der Waals surface area (Å²) >= 11 is 0. The zero-order chi connectivity index (χ0) is 18.1. The maximum absolute atomic E-state index is 13.3. The molecular formula is C20H20N2O3S. The third-order valence-corrected chi connectivity index (χ3v) is 6.49. The number of rotatable bonds is 4. The molecule has 0 fully saturated rings. The first kappa shape index (κ1) is 17.0. The molecule has 0 aliphatic carbocycles. The summed E-state index contributed by atoms with van der Waals surface area (Å²) in [5, 5.41) is 0. The second-order valence-corrected chi connectivity index (χ2v) is 8.29. The molecule has 2 aromatic carbocycles. The molecule has 2 aromatic rings. The van der Waals surface area contributed by atoms with Crippen LogP contribution in [0.2, 0.25) is 0 Å². The third-order valence-electron chi connectivity index (χ3n) is 4.65. The van der Waals surface area contributed by atoms with Gasteiger partial charge >= 0.3 is 0 Å². The Morgan fingerprint density at radius 2 is 1.81 bits per heavy atom. The molecule has 0 radical (unpaired) electrons. The molecule has 0 amide bonds. The number of ether oxygens (including phenoxy) is 1. The van der Waals surface area contributed by atoms with Crippen molar-refractivity contribution in [2.75, 3.05) is 19.7 Å². The number of hydrogen-bond donors (Lipinski definition) is 0. The van der Waals surface area contributed by atoms with Gasteiger partial charge in [-0.15, -0.1) is 0 Å². The average molecular weight is 368 g/mol. The topological polar surface area (TPSA) is 59.0 Å². The Morgan fingerprint density at radius 1 is 1.08 bits per heavy atom. The van der Waals surface area contributed by atoms with E-state index in [2.05, 4.69) is 4.99 Å². The zero-order valence-electron chi connectivity index (χ0n) is 14.5. The average Bonchev–Trinajstić information content (AvgIpc) is 3.32. The summed E-state index contributed by atoms with van der Waals surface area (Å²) in [5.41, 5.74) is 2.76. The minimum absolute atomic E-state index is 0.299. The van der Waals surface area contributed by atoms with Gasteiger partial charge in [0.25, 0.3) is 0 Å². The first-order chi connectivity index (χ1) is 12.6. The Bertz CT molecular complexity index is 964. The number of nitrogens with zero attached hydrogens (tertiary/aromatic N) is 2. The van der Waals surface area contributed by atoms with Crippen LogP contribution in [0.4, 0.5) is 0 Å². The van der Waals surface area contributed by atoms with Crippen LogP contribution in [0.15, 0.2) is 76.1 Å². The van der Waals surface area contributed by atoms with Gasteiger partial charge in [-0.1, -0.05) is 54.1 Å². The van der Waals surface area contributed by atoms with Gasteiger partial charge in [-0.25, -0.2) is 13.4 Å². The molecule has 0 bridgehead atoms. The van der Waals surface area contributed by atoms with Crippen LogP contribution in [0.3, 0.4) is 0 Å². The molecule has 26 heavy (non-hydrogen) atoms. The zero-order valence-corrected chi connectivity index (χ0v) is 15.3. The van der Waals surface area contributed by atoms with Gasteiger partial charge in [0.15, 0.2) is 0 Å². The molecule has 0 N–H and O–H groups in total. The molecule has 2 aliphatic heterocycles. The monoisotopic (exact) mass is 368 g/mol. The van der Waals surface area contributed by atoms with Gasteiger partial charge in [0.2, 0.25) is 15.9 Å². The smallest absolute Gasteiger partial charge is 0.244 e. The Morgan fingerprint density at radius 3 is 2.46 bits per heavy atom. The standard InChI is InChI=1S/C20H20N2O3S/c1-15-7-9-17(10-8-15)26(23,24)22-13-11-18(20-21-12-14-25-20)19(22)16-5-3-2-4-6-16/h2-11,19H,12-14H2,1H3. The van der Waals surface area contributed by atoms with Crippen molar-refractivity contribution >= 4 is 15.9 Å². The summed E-state index contributed by atoms with van der Waals surface area (Å²) in [6, 6.07) is 16.2. The van der Waals surface area contributed by atoms with E-state index in [1.807, 2.05) is 55.5 Å². The van der Waals surface area contributed by atoms with Gasteiger partial charge in [0.1, 0.15) is 6.61 Å². The lowest BCUT2D eigenvalue weighted by molar-refractivity contribution is 0.340. The molecule has 1 atom stereocenters. The van der Waals surface area contributed by atoms with Crippen LogP contribution in [0.25, 0.3) is 0 Å². The van der Waals surface area contributed by atoms with Crippen LogP contribution in [-0.4, -0.2) is 38.3 Å². The molecule has 0 aromatic heterocycles. The summed E-state index contributed by atoms with van der Waals surface area (Å²) in [5.74, 6) is 0.556. The molecule has 4 rings (SSSR count). The second kappa shape index (κ2) is 6.70. The molecule has 1 unspecified atom stereocenters. The second-order valence-electron chi connectivity index (χ2n) is 6.40. The van der Waals surface area contributed by atoms with E-state index in [1.165, 1.54) is 4.31 Å². The molecule has 0 spiro atoms. The van der Waals surface area contributed by atoms with Crippen molar-refractivity contribution in [2.24, 2.45) is 4.99 Å². The maximum Gasteiger partial charge on any atom is 0.244 e. The number of aryl methyl sites for hydroxylation is 1. The largest absolute Gasteiger partial charge is 0.476 e. The SMILES string of the molecule is Cc1ccc(S(=O)(=O)N2CC=C(C3=NCCO3)C2c2ccccc2)cc1. The van der Waals surface area contributed by atoms with Crippen LogP contribution in [-0.2, 0) is 14.8 Å². The lowest BCUT2D eigenvalue weighted by atomic mass is 10.0. The van der Waals surface area contributed by atoms with Gasteiger partial charge in [-0.3, -0.25) is 0 Å². The van der Waals surface area contributed by atoms with Crippen LogP contribution in [0.5, 0.6) is 0 Å². The molecule has 134 valence electrons. The van der Waals surface area contributed by atoms with E-state index in [0.717, 1.165) is 16.7 Å².